The molecule has 33 heavy (non-hydrogen) atoms. The number of halogens is 1. The fourth-order valence-electron chi connectivity index (χ4n) is 3.89. The zero-order valence-electron chi connectivity index (χ0n) is 17.9. The van der Waals surface area contributed by atoms with Gasteiger partial charge in [-0.25, -0.2) is 4.39 Å². The summed E-state index contributed by atoms with van der Waals surface area (Å²) in [5, 5.41) is 9.03. The quantitative estimate of drug-likeness (QED) is 0.485. The van der Waals surface area contributed by atoms with E-state index < -0.39 is 5.82 Å². The van der Waals surface area contributed by atoms with E-state index in [1.807, 2.05) is 30.3 Å². The smallest absolute Gasteiger partial charge is 0.230 e. The summed E-state index contributed by atoms with van der Waals surface area (Å²) >= 11 is 0. The van der Waals surface area contributed by atoms with Crippen LogP contribution in [0.1, 0.15) is 30.4 Å². The monoisotopic (exact) mass is 443 g/mol. The van der Waals surface area contributed by atoms with E-state index in [0.717, 1.165) is 16.7 Å². The standard InChI is InChI=1S/C26H22FN3O3/c27-24-10-6-20(14-21(24)15-28)19-4-8-23(9-5-19)33-17-22(30-25(31)11-12-26(30)32)7-3-18-2-1-13-29-16-18/h1-2,4-6,8-10,13-14,16,22H,3,7,11-12,17H2. The van der Waals surface area contributed by atoms with Gasteiger partial charge in [0.15, 0.2) is 0 Å². The lowest BCUT2D eigenvalue weighted by atomic mass is 10.0. The molecule has 2 heterocycles. The highest BCUT2D eigenvalue weighted by Gasteiger charge is 2.35. The van der Waals surface area contributed by atoms with Gasteiger partial charge in [-0.2, -0.15) is 5.26 Å². The molecule has 1 unspecified atom stereocenters. The van der Waals surface area contributed by atoms with Crippen LogP contribution in [-0.4, -0.2) is 34.3 Å². The number of hydrogen-bond acceptors (Lipinski definition) is 5. The number of aryl methyl sites for hydroxylation is 1. The number of imide groups is 1. The summed E-state index contributed by atoms with van der Waals surface area (Å²) in [5.74, 6) is -0.295. The summed E-state index contributed by atoms with van der Waals surface area (Å²) in [6.07, 6.45) is 5.20. The number of benzene rings is 2. The second-order valence-corrected chi connectivity index (χ2v) is 7.85. The van der Waals surface area contributed by atoms with Crippen molar-refractivity contribution in [2.45, 2.75) is 31.7 Å². The highest BCUT2D eigenvalue weighted by molar-refractivity contribution is 6.02. The molecule has 0 spiro atoms. The molecule has 0 aliphatic carbocycles. The molecule has 2 aromatic carbocycles. The van der Waals surface area contributed by atoms with Gasteiger partial charge in [-0.3, -0.25) is 19.5 Å². The first-order valence-corrected chi connectivity index (χ1v) is 10.7. The van der Waals surface area contributed by atoms with Gasteiger partial charge in [0.25, 0.3) is 0 Å². The van der Waals surface area contributed by atoms with Gasteiger partial charge in [-0.1, -0.05) is 24.3 Å². The first-order valence-electron chi connectivity index (χ1n) is 10.7. The van der Waals surface area contributed by atoms with E-state index in [9.17, 15) is 14.0 Å². The Morgan fingerprint density at radius 1 is 1.06 bits per heavy atom. The largest absolute Gasteiger partial charge is 0.491 e. The van der Waals surface area contributed by atoms with Gasteiger partial charge in [-0.15, -0.1) is 0 Å². The summed E-state index contributed by atoms with van der Waals surface area (Å²) in [5.41, 5.74) is 2.56. The lowest BCUT2D eigenvalue weighted by Gasteiger charge is -2.26. The number of likely N-dealkylation sites (tertiary alicyclic amines) is 1. The summed E-state index contributed by atoms with van der Waals surface area (Å²) in [7, 11) is 0. The molecule has 0 radical (unpaired) electrons. The van der Waals surface area contributed by atoms with Gasteiger partial charge >= 0.3 is 0 Å². The molecule has 6 nitrogen and oxygen atoms in total. The minimum absolute atomic E-state index is 0.00997. The van der Waals surface area contributed by atoms with Gasteiger partial charge in [0.2, 0.25) is 11.8 Å². The number of pyridine rings is 1. The SMILES string of the molecule is N#Cc1cc(-c2ccc(OCC(CCc3cccnc3)N3C(=O)CCC3=O)cc2)ccc1F. The minimum atomic E-state index is -0.551. The Bertz CT molecular complexity index is 1170. The first-order chi connectivity index (χ1) is 16.0. The Morgan fingerprint density at radius 3 is 2.45 bits per heavy atom. The van der Waals surface area contributed by atoms with Crippen molar-refractivity contribution in [3.8, 4) is 22.9 Å². The zero-order chi connectivity index (χ0) is 23.2. The van der Waals surface area contributed by atoms with Crippen LogP contribution in [0.4, 0.5) is 4.39 Å². The van der Waals surface area contributed by atoms with Crippen LogP contribution >= 0.6 is 0 Å². The summed E-state index contributed by atoms with van der Waals surface area (Å²) in [6.45, 7) is 0.187. The average Bonchev–Trinajstić information content (AvgIpc) is 3.18. The third-order valence-electron chi connectivity index (χ3n) is 5.66. The average molecular weight is 443 g/mol. The fourth-order valence-corrected chi connectivity index (χ4v) is 3.89. The number of carbonyl (C=O) groups is 2. The van der Waals surface area contributed by atoms with Gasteiger partial charge in [0.05, 0.1) is 11.6 Å². The second kappa shape index (κ2) is 10.0. The maximum atomic E-state index is 13.6. The summed E-state index contributed by atoms with van der Waals surface area (Å²) < 4.78 is 19.5. The maximum Gasteiger partial charge on any atom is 0.230 e. The number of carbonyl (C=O) groups excluding carboxylic acids is 2. The highest BCUT2D eigenvalue weighted by Crippen LogP contribution is 2.25. The molecule has 0 saturated carbocycles. The first kappa shape index (κ1) is 22.2. The fraction of sp³-hybridized carbons (Fsp3) is 0.231. The molecular formula is C26H22FN3O3. The van der Waals surface area contributed by atoms with E-state index in [0.29, 0.717) is 18.6 Å². The van der Waals surface area contributed by atoms with Crippen molar-refractivity contribution in [3.63, 3.8) is 0 Å². The molecular weight excluding hydrogens is 421 g/mol. The Labute approximate surface area is 191 Å². The van der Waals surface area contributed by atoms with Crippen LogP contribution in [0.25, 0.3) is 11.1 Å². The predicted molar refractivity (Wildman–Crippen MR) is 119 cm³/mol. The topological polar surface area (TPSA) is 83.3 Å². The van der Waals surface area contributed by atoms with Gasteiger partial charge in [0.1, 0.15) is 24.2 Å². The molecule has 3 aromatic rings. The number of nitriles is 1. The third-order valence-corrected chi connectivity index (χ3v) is 5.66. The lowest BCUT2D eigenvalue weighted by molar-refractivity contribution is -0.142. The van der Waals surface area contributed by atoms with Crippen LogP contribution in [0.5, 0.6) is 5.75 Å². The lowest BCUT2D eigenvalue weighted by Crippen LogP contribution is -2.43. The van der Waals surface area contributed by atoms with E-state index in [1.165, 1.54) is 17.0 Å². The van der Waals surface area contributed by atoms with Crippen molar-refractivity contribution in [3.05, 3.63) is 83.9 Å². The van der Waals surface area contributed by atoms with Crippen molar-refractivity contribution in [1.29, 1.82) is 5.26 Å². The van der Waals surface area contributed by atoms with Crippen LogP contribution in [0.2, 0.25) is 0 Å². The third kappa shape index (κ3) is 5.24. The molecule has 0 N–H and O–H groups in total. The number of aromatic nitrogens is 1. The molecule has 7 heteroatoms. The van der Waals surface area contributed by atoms with Gasteiger partial charge in [-0.05, 0) is 59.9 Å². The zero-order valence-corrected chi connectivity index (χ0v) is 17.9. The number of hydrogen-bond donors (Lipinski definition) is 0. The predicted octanol–water partition coefficient (Wildman–Crippen LogP) is 4.29. The van der Waals surface area contributed by atoms with Crippen LogP contribution in [-0.2, 0) is 16.0 Å². The molecule has 1 atom stereocenters. The van der Waals surface area contributed by atoms with E-state index in [-0.39, 0.29) is 42.9 Å². The highest BCUT2D eigenvalue weighted by atomic mass is 19.1. The number of nitrogens with zero attached hydrogens (tertiary/aromatic N) is 3. The van der Waals surface area contributed by atoms with Gasteiger partial charge < -0.3 is 4.74 Å². The van der Waals surface area contributed by atoms with Crippen molar-refractivity contribution in [2.75, 3.05) is 6.61 Å². The Balaban J connectivity index is 1.45. The molecule has 1 aromatic heterocycles. The number of rotatable bonds is 8. The van der Waals surface area contributed by atoms with Crippen molar-refractivity contribution in [1.82, 2.24) is 9.88 Å². The van der Waals surface area contributed by atoms with E-state index >= 15 is 0 Å². The molecule has 166 valence electrons. The minimum Gasteiger partial charge on any atom is -0.491 e. The van der Waals surface area contributed by atoms with Crippen LogP contribution in [0.3, 0.4) is 0 Å². The second-order valence-electron chi connectivity index (χ2n) is 7.85. The van der Waals surface area contributed by atoms with Crippen LogP contribution in [0, 0.1) is 17.1 Å². The van der Waals surface area contributed by atoms with Crippen molar-refractivity contribution in [2.24, 2.45) is 0 Å². The van der Waals surface area contributed by atoms with E-state index in [2.05, 4.69) is 4.98 Å². The molecule has 0 bridgehead atoms. The van der Waals surface area contributed by atoms with Crippen molar-refractivity contribution < 1.29 is 18.7 Å². The number of ether oxygens (including phenoxy) is 1. The molecule has 1 saturated heterocycles. The Kier molecular flexibility index (Phi) is 6.75. The van der Waals surface area contributed by atoms with Crippen LogP contribution in [0.15, 0.2) is 67.0 Å². The van der Waals surface area contributed by atoms with Gasteiger partial charge in [0, 0.05) is 25.2 Å². The molecule has 2 amide bonds. The number of amides is 2. The van der Waals surface area contributed by atoms with E-state index in [4.69, 9.17) is 10.00 Å². The maximum absolute atomic E-state index is 13.6. The molecule has 1 aliphatic rings. The molecule has 4 rings (SSSR count). The van der Waals surface area contributed by atoms with Crippen LogP contribution < -0.4 is 4.74 Å². The summed E-state index contributed by atoms with van der Waals surface area (Å²) in [6, 6.07) is 16.9. The van der Waals surface area contributed by atoms with E-state index in [1.54, 1.807) is 30.6 Å². The Morgan fingerprint density at radius 2 is 1.79 bits per heavy atom. The summed E-state index contributed by atoms with van der Waals surface area (Å²) in [4.78, 5) is 30.1. The Hall–Kier alpha value is -4.05. The molecule has 1 aliphatic heterocycles. The van der Waals surface area contributed by atoms with Crippen molar-refractivity contribution >= 4 is 11.8 Å². The normalized spacial score (nSPS) is 14.2. The molecule has 1 fully saturated rings.